The predicted octanol–water partition coefficient (Wildman–Crippen LogP) is 1.79. The van der Waals surface area contributed by atoms with Gasteiger partial charge in [0.05, 0.1) is 18.8 Å². The Labute approximate surface area is 121 Å². The number of hydrazine groups is 1. The topological polar surface area (TPSA) is 50.5 Å². The van der Waals surface area contributed by atoms with Gasteiger partial charge in [-0.15, -0.1) is 0 Å². The molecular formula is C16H25N3O. The van der Waals surface area contributed by atoms with Crippen LogP contribution >= 0.6 is 0 Å². The van der Waals surface area contributed by atoms with Crippen LogP contribution in [0.3, 0.4) is 0 Å². The van der Waals surface area contributed by atoms with Gasteiger partial charge in [-0.2, -0.15) is 0 Å². The summed E-state index contributed by atoms with van der Waals surface area (Å²) in [4.78, 5) is 2.30. The normalized spacial score (nSPS) is 26.2. The molecule has 0 aromatic heterocycles. The van der Waals surface area contributed by atoms with E-state index in [0.717, 1.165) is 25.6 Å². The second kappa shape index (κ2) is 6.22. The molecule has 3 rings (SSSR count). The highest BCUT2D eigenvalue weighted by molar-refractivity contribution is 5.30. The second-order valence-electron chi connectivity index (χ2n) is 6.11. The third kappa shape index (κ3) is 2.88. The average Bonchev–Trinajstić information content (AvgIpc) is 2.38. The van der Waals surface area contributed by atoms with Crippen LogP contribution in [0.5, 0.6) is 0 Å². The molecule has 20 heavy (non-hydrogen) atoms. The van der Waals surface area contributed by atoms with E-state index in [-0.39, 0.29) is 12.1 Å². The molecule has 0 bridgehead atoms. The smallest absolute Gasteiger partial charge is 0.0909 e. The number of hydrogen-bond donors (Lipinski definition) is 2. The molecule has 1 saturated heterocycles. The van der Waals surface area contributed by atoms with Crippen molar-refractivity contribution in [2.24, 2.45) is 5.84 Å². The van der Waals surface area contributed by atoms with Gasteiger partial charge >= 0.3 is 0 Å². The first-order valence-electron chi connectivity index (χ1n) is 7.64. The molecule has 2 unspecified atom stereocenters. The fraction of sp³-hybridized carbons (Fsp3) is 0.625. The first-order valence-corrected chi connectivity index (χ1v) is 7.64. The fourth-order valence-corrected chi connectivity index (χ4v) is 3.18. The number of nitrogens with one attached hydrogen (secondary N) is 1. The zero-order valence-electron chi connectivity index (χ0n) is 12.2. The Hall–Kier alpha value is -0.940. The van der Waals surface area contributed by atoms with Crippen molar-refractivity contribution in [3.8, 4) is 0 Å². The van der Waals surface area contributed by atoms with Gasteiger partial charge < -0.3 is 9.64 Å². The standard InChI is InChI=1S/C16H25N3O/c1-19-8-9-20-15(11-19)16(18-17)14-7-3-6-13(10-14)12-4-2-5-12/h3,6-7,10,12,15-16,18H,2,4-5,8-9,11,17H2,1H3. The van der Waals surface area contributed by atoms with Gasteiger partial charge in [-0.05, 0) is 36.9 Å². The van der Waals surface area contributed by atoms with E-state index >= 15 is 0 Å². The summed E-state index contributed by atoms with van der Waals surface area (Å²) in [5, 5.41) is 0. The van der Waals surface area contributed by atoms with Crippen LogP contribution in [0.25, 0.3) is 0 Å². The van der Waals surface area contributed by atoms with E-state index in [0.29, 0.717) is 0 Å². The lowest BCUT2D eigenvalue weighted by molar-refractivity contribution is -0.0393. The van der Waals surface area contributed by atoms with Crippen molar-refractivity contribution >= 4 is 0 Å². The lowest BCUT2D eigenvalue weighted by Crippen LogP contribution is -2.48. The summed E-state index contributed by atoms with van der Waals surface area (Å²) < 4.78 is 5.91. The lowest BCUT2D eigenvalue weighted by atomic mass is 9.79. The summed E-state index contributed by atoms with van der Waals surface area (Å²) in [5.74, 6) is 6.56. The summed E-state index contributed by atoms with van der Waals surface area (Å²) in [7, 11) is 2.13. The van der Waals surface area contributed by atoms with E-state index in [9.17, 15) is 0 Å². The number of nitrogens with two attached hydrogens (primary N) is 1. The maximum atomic E-state index is 5.91. The van der Waals surface area contributed by atoms with Gasteiger partial charge in [-0.25, -0.2) is 0 Å². The van der Waals surface area contributed by atoms with Crippen LogP contribution in [-0.4, -0.2) is 37.7 Å². The summed E-state index contributed by atoms with van der Waals surface area (Å²) in [5.41, 5.74) is 5.66. The highest BCUT2D eigenvalue weighted by Crippen LogP contribution is 2.37. The summed E-state index contributed by atoms with van der Waals surface area (Å²) >= 11 is 0. The minimum Gasteiger partial charge on any atom is -0.374 e. The largest absolute Gasteiger partial charge is 0.374 e. The van der Waals surface area contributed by atoms with Crippen LogP contribution in [-0.2, 0) is 4.74 Å². The minimum absolute atomic E-state index is 0.0674. The van der Waals surface area contributed by atoms with Crippen LogP contribution in [0.1, 0.15) is 42.3 Å². The monoisotopic (exact) mass is 275 g/mol. The zero-order chi connectivity index (χ0) is 13.9. The van der Waals surface area contributed by atoms with E-state index in [1.54, 1.807) is 0 Å². The molecule has 1 aromatic carbocycles. The van der Waals surface area contributed by atoms with Gasteiger partial charge in [-0.1, -0.05) is 30.7 Å². The molecular weight excluding hydrogens is 250 g/mol. The third-order valence-corrected chi connectivity index (χ3v) is 4.69. The van der Waals surface area contributed by atoms with Gasteiger partial charge in [0.1, 0.15) is 0 Å². The molecule has 2 fully saturated rings. The maximum absolute atomic E-state index is 5.91. The fourth-order valence-electron chi connectivity index (χ4n) is 3.18. The molecule has 1 aromatic rings. The predicted molar refractivity (Wildman–Crippen MR) is 80.3 cm³/mol. The lowest BCUT2D eigenvalue weighted by Gasteiger charge is -2.35. The van der Waals surface area contributed by atoms with E-state index < -0.39 is 0 Å². The van der Waals surface area contributed by atoms with E-state index in [1.165, 1.54) is 30.4 Å². The summed E-state index contributed by atoms with van der Waals surface area (Å²) in [6.07, 6.45) is 4.14. The van der Waals surface area contributed by atoms with Crippen LogP contribution in [0.4, 0.5) is 0 Å². The van der Waals surface area contributed by atoms with E-state index in [1.807, 2.05) is 0 Å². The molecule has 4 nitrogen and oxygen atoms in total. The third-order valence-electron chi connectivity index (χ3n) is 4.69. The van der Waals surface area contributed by atoms with Gasteiger partial charge in [0.15, 0.2) is 0 Å². The number of nitrogens with zero attached hydrogens (tertiary/aromatic N) is 1. The first kappa shape index (κ1) is 14.0. The van der Waals surface area contributed by atoms with E-state index in [2.05, 4.69) is 41.6 Å². The van der Waals surface area contributed by atoms with Gasteiger partial charge in [-0.3, -0.25) is 11.3 Å². The molecule has 4 heteroatoms. The molecule has 2 aliphatic rings. The van der Waals surface area contributed by atoms with Gasteiger partial charge in [0.25, 0.3) is 0 Å². The molecule has 1 saturated carbocycles. The highest BCUT2D eigenvalue weighted by Gasteiger charge is 2.28. The molecule has 1 aliphatic carbocycles. The van der Waals surface area contributed by atoms with Crippen LogP contribution < -0.4 is 11.3 Å². The number of rotatable bonds is 4. The van der Waals surface area contributed by atoms with Crippen molar-refractivity contribution in [1.29, 1.82) is 0 Å². The Kier molecular flexibility index (Phi) is 4.36. The minimum atomic E-state index is 0.0674. The van der Waals surface area contributed by atoms with Crippen molar-refractivity contribution in [3.05, 3.63) is 35.4 Å². The van der Waals surface area contributed by atoms with Crippen molar-refractivity contribution < 1.29 is 4.74 Å². The number of likely N-dealkylation sites (N-methyl/N-ethyl adjacent to an activating group) is 1. The average molecular weight is 275 g/mol. The van der Waals surface area contributed by atoms with Crippen molar-refractivity contribution in [1.82, 2.24) is 10.3 Å². The highest BCUT2D eigenvalue weighted by atomic mass is 16.5. The Morgan fingerprint density at radius 3 is 2.90 bits per heavy atom. The Morgan fingerprint density at radius 1 is 1.40 bits per heavy atom. The van der Waals surface area contributed by atoms with Crippen molar-refractivity contribution in [3.63, 3.8) is 0 Å². The Morgan fingerprint density at radius 2 is 2.25 bits per heavy atom. The molecule has 1 heterocycles. The molecule has 110 valence electrons. The van der Waals surface area contributed by atoms with Crippen LogP contribution in [0.2, 0.25) is 0 Å². The van der Waals surface area contributed by atoms with Crippen LogP contribution in [0.15, 0.2) is 24.3 Å². The van der Waals surface area contributed by atoms with Crippen LogP contribution in [0, 0.1) is 0 Å². The van der Waals surface area contributed by atoms with E-state index in [4.69, 9.17) is 10.6 Å². The summed E-state index contributed by atoms with van der Waals surface area (Å²) in [6, 6.07) is 8.93. The van der Waals surface area contributed by atoms with Crippen molar-refractivity contribution in [2.75, 3.05) is 26.7 Å². The molecule has 0 spiro atoms. The first-order chi connectivity index (χ1) is 9.78. The number of hydrogen-bond acceptors (Lipinski definition) is 4. The van der Waals surface area contributed by atoms with Gasteiger partial charge in [0, 0.05) is 13.1 Å². The Balaban J connectivity index is 1.77. The molecule has 0 amide bonds. The zero-order valence-corrected chi connectivity index (χ0v) is 12.2. The second-order valence-corrected chi connectivity index (χ2v) is 6.11. The SMILES string of the molecule is CN1CCOC(C(NN)c2cccc(C3CCC3)c2)C1. The summed E-state index contributed by atoms with van der Waals surface area (Å²) in [6.45, 7) is 2.69. The number of ether oxygens (including phenoxy) is 1. The number of morpholine rings is 1. The quantitative estimate of drug-likeness (QED) is 0.650. The maximum Gasteiger partial charge on any atom is 0.0909 e. The Bertz CT molecular complexity index is 447. The molecule has 0 radical (unpaired) electrons. The van der Waals surface area contributed by atoms with Crippen molar-refractivity contribution in [2.45, 2.75) is 37.3 Å². The molecule has 3 N–H and O–H groups in total. The molecule has 2 atom stereocenters. The number of benzene rings is 1. The molecule has 1 aliphatic heterocycles. The van der Waals surface area contributed by atoms with Gasteiger partial charge in [0.2, 0.25) is 0 Å².